The predicted molar refractivity (Wildman–Crippen MR) is 72.9 cm³/mol. The van der Waals surface area contributed by atoms with Crippen molar-refractivity contribution >= 4 is 9.84 Å². The fourth-order valence-corrected chi connectivity index (χ4v) is 3.34. The highest BCUT2D eigenvalue weighted by atomic mass is 32.2. The molecule has 1 unspecified atom stereocenters. The molecule has 0 aliphatic heterocycles. The van der Waals surface area contributed by atoms with Gasteiger partial charge >= 0.3 is 0 Å². The summed E-state index contributed by atoms with van der Waals surface area (Å²) in [7, 11) is -2.79. The van der Waals surface area contributed by atoms with E-state index in [0.717, 1.165) is 31.8 Å². The second-order valence-electron chi connectivity index (χ2n) is 5.55. The molecule has 0 saturated heterocycles. The maximum Gasteiger partial charge on any atom is 0.150 e. The lowest BCUT2D eigenvalue weighted by Gasteiger charge is -2.30. The van der Waals surface area contributed by atoms with Crippen LogP contribution in [0.2, 0.25) is 0 Å². The Morgan fingerprint density at radius 3 is 2.41 bits per heavy atom. The highest BCUT2D eigenvalue weighted by Gasteiger charge is 2.40. The molecule has 0 aromatic rings. The molecule has 1 rings (SSSR count). The molecule has 0 heterocycles. The van der Waals surface area contributed by atoms with E-state index in [4.69, 9.17) is 0 Å². The van der Waals surface area contributed by atoms with E-state index >= 15 is 0 Å². The number of hydrogen-bond donors (Lipinski definition) is 1. The standard InChI is InChI=1S/C13H27NO2S/c1-4-14-11-13(3,12-7-8-12)9-6-10-17(15,16)5-2/h12,14H,4-11H2,1-3H3. The Morgan fingerprint density at radius 1 is 1.29 bits per heavy atom. The molecule has 102 valence electrons. The molecule has 0 radical (unpaired) electrons. The van der Waals surface area contributed by atoms with Gasteiger partial charge in [0.15, 0.2) is 0 Å². The van der Waals surface area contributed by atoms with Crippen molar-refractivity contribution < 1.29 is 8.42 Å². The van der Waals surface area contributed by atoms with Crippen molar-refractivity contribution in [3.05, 3.63) is 0 Å². The molecule has 1 atom stereocenters. The molecule has 0 aromatic heterocycles. The van der Waals surface area contributed by atoms with Gasteiger partial charge < -0.3 is 5.32 Å². The Hall–Kier alpha value is -0.0900. The average molecular weight is 261 g/mol. The maximum absolute atomic E-state index is 11.5. The predicted octanol–water partition coefficient (Wildman–Crippen LogP) is 2.23. The molecule has 1 aliphatic carbocycles. The van der Waals surface area contributed by atoms with Crippen molar-refractivity contribution in [1.82, 2.24) is 5.32 Å². The van der Waals surface area contributed by atoms with Crippen LogP contribution in [0.15, 0.2) is 0 Å². The summed E-state index contributed by atoms with van der Waals surface area (Å²) in [5.41, 5.74) is 0.305. The third-order valence-corrected chi connectivity index (χ3v) is 5.78. The molecule has 1 aliphatic rings. The Morgan fingerprint density at radius 2 is 1.94 bits per heavy atom. The van der Waals surface area contributed by atoms with E-state index in [0.29, 0.717) is 11.2 Å². The fraction of sp³-hybridized carbons (Fsp3) is 1.00. The molecule has 0 spiro atoms. The minimum Gasteiger partial charge on any atom is -0.316 e. The smallest absolute Gasteiger partial charge is 0.150 e. The van der Waals surface area contributed by atoms with E-state index < -0.39 is 9.84 Å². The third-order valence-electron chi connectivity index (χ3n) is 3.98. The van der Waals surface area contributed by atoms with Gasteiger partial charge in [0.1, 0.15) is 9.84 Å². The fourth-order valence-electron chi connectivity index (χ4n) is 2.47. The van der Waals surface area contributed by atoms with E-state index in [9.17, 15) is 8.42 Å². The summed E-state index contributed by atoms with van der Waals surface area (Å²) >= 11 is 0. The average Bonchev–Trinajstić information content (AvgIpc) is 3.10. The van der Waals surface area contributed by atoms with Gasteiger partial charge in [0.25, 0.3) is 0 Å². The van der Waals surface area contributed by atoms with Crippen LogP contribution in [0.25, 0.3) is 0 Å². The lowest BCUT2D eigenvalue weighted by atomic mass is 9.80. The summed E-state index contributed by atoms with van der Waals surface area (Å²) in [5, 5.41) is 3.42. The van der Waals surface area contributed by atoms with E-state index in [1.54, 1.807) is 6.92 Å². The SMILES string of the molecule is CCNCC(C)(CCCS(=O)(=O)CC)C1CC1. The molecule has 0 amide bonds. The first-order chi connectivity index (χ1) is 7.93. The Kier molecular flexibility index (Phi) is 5.45. The van der Waals surface area contributed by atoms with Crippen LogP contribution in [-0.4, -0.2) is 33.0 Å². The van der Waals surface area contributed by atoms with Gasteiger partial charge in [0, 0.05) is 12.3 Å². The summed E-state index contributed by atoms with van der Waals surface area (Å²) in [6, 6.07) is 0. The Bertz CT molecular complexity index is 322. The summed E-state index contributed by atoms with van der Waals surface area (Å²) in [6.07, 6.45) is 4.49. The van der Waals surface area contributed by atoms with Crippen molar-refractivity contribution in [2.45, 2.75) is 46.5 Å². The largest absolute Gasteiger partial charge is 0.316 e. The van der Waals surface area contributed by atoms with Crippen molar-refractivity contribution in [2.75, 3.05) is 24.6 Å². The van der Waals surface area contributed by atoms with Crippen molar-refractivity contribution in [2.24, 2.45) is 11.3 Å². The van der Waals surface area contributed by atoms with Gasteiger partial charge in [-0.25, -0.2) is 8.42 Å². The quantitative estimate of drug-likeness (QED) is 0.692. The highest BCUT2D eigenvalue weighted by Crippen LogP contribution is 2.47. The van der Waals surface area contributed by atoms with Crippen LogP contribution in [-0.2, 0) is 9.84 Å². The van der Waals surface area contributed by atoms with Crippen LogP contribution in [0.1, 0.15) is 46.5 Å². The maximum atomic E-state index is 11.5. The molecule has 0 bridgehead atoms. The Labute approximate surface area is 106 Å². The van der Waals surface area contributed by atoms with Gasteiger partial charge in [-0.1, -0.05) is 20.8 Å². The number of nitrogens with one attached hydrogen (secondary N) is 1. The minimum atomic E-state index is -2.79. The first-order valence-electron chi connectivity index (χ1n) is 6.84. The summed E-state index contributed by atoms with van der Waals surface area (Å²) in [4.78, 5) is 0. The van der Waals surface area contributed by atoms with E-state index in [2.05, 4.69) is 19.2 Å². The topological polar surface area (TPSA) is 46.2 Å². The van der Waals surface area contributed by atoms with Crippen molar-refractivity contribution in [3.8, 4) is 0 Å². The second-order valence-corrected chi connectivity index (χ2v) is 8.02. The lowest BCUT2D eigenvalue weighted by Crippen LogP contribution is -2.34. The number of rotatable bonds is 9. The van der Waals surface area contributed by atoms with Gasteiger partial charge in [-0.2, -0.15) is 0 Å². The molecule has 1 fully saturated rings. The zero-order valence-corrected chi connectivity index (χ0v) is 12.3. The first kappa shape index (κ1) is 15.0. The van der Waals surface area contributed by atoms with E-state index in [1.165, 1.54) is 12.8 Å². The van der Waals surface area contributed by atoms with Crippen LogP contribution >= 0.6 is 0 Å². The van der Waals surface area contributed by atoms with Crippen LogP contribution in [0.5, 0.6) is 0 Å². The normalized spacial score (nSPS) is 20.2. The summed E-state index contributed by atoms with van der Waals surface area (Å²) in [6.45, 7) is 8.19. The van der Waals surface area contributed by atoms with E-state index in [-0.39, 0.29) is 5.75 Å². The molecule has 1 N–H and O–H groups in total. The van der Waals surface area contributed by atoms with Gasteiger partial charge in [0.2, 0.25) is 0 Å². The summed E-state index contributed by atoms with van der Waals surface area (Å²) in [5.74, 6) is 1.45. The zero-order valence-electron chi connectivity index (χ0n) is 11.5. The summed E-state index contributed by atoms with van der Waals surface area (Å²) < 4.78 is 22.9. The highest BCUT2D eigenvalue weighted by molar-refractivity contribution is 7.91. The first-order valence-corrected chi connectivity index (χ1v) is 8.67. The monoisotopic (exact) mass is 261 g/mol. The van der Waals surface area contributed by atoms with Crippen LogP contribution in [0, 0.1) is 11.3 Å². The Balaban J connectivity index is 2.39. The lowest BCUT2D eigenvalue weighted by molar-refractivity contribution is 0.236. The van der Waals surface area contributed by atoms with Gasteiger partial charge in [-0.3, -0.25) is 0 Å². The van der Waals surface area contributed by atoms with Crippen molar-refractivity contribution in [3.63, 3.8) is 0 Å². The van der Waals surface area contributed by atoms with Crippen LogP contribution < -0.4 is 5.32 Å². The van der Waals surface area contributed by atoms with Gasteiger partial charge in [0.05, 0.1) is 5.75 Å². The zero-order chi connectivity index (χ0) is 12.9. The number of sulfone groups is 1. The van der Waals surface area contributed by atoms with E-state index in [1.807, 2.05) is 0 Å². The molecule has 1 saturated carbocycles. The number of hydrogen-bond acceptors (Lipinski definition) is 3. The van der Waals surface area contributed by atoms with Crippen molar-refractivity contribution in [1.29, 1.82) is 0 Å². The van der Waals surface area contributed by atoms with Gasteiger partial charge in [-0.05, 0) is 43.6 Å². The molecular weight excluding hydrogens is 234 g/mol. The molecular formula is C13H27NO2S. The third kappa shape index (κ3) is 4.96. The second kappa shape index (κ2) is 6.19. The molecule has 4 heteroatoms. The minimum absolute atomic E-state index is 0.278. The van der Waals surface area contributed by atoms with Gasteiger partial charge in [-0.15, -0.1) is 0 Å². The van der Waals surface area contributed by atoms with Crippen LogP contribution in [0.3, 0.4) is 0 Å². The molecule has 3 nitrogen and oxygen atoms in total. The molecule has 17 heavy (non-hydrogen) atoms. The molecule has 0 aromatic carbocycles. The van der Waals surface area contributed by atoms with Crippen LogP contribution in [0.4, 0.5) is 0 Å².